The van der Waals surface area contributed by atoms with Crippen LogP contribution in [0, 0.1) is 0 Å². The van der Waals surface area contributed by atoms with Crippen LogP contribution in [0.4, 0.5) is 13.2 Å². The van der Waals surface area contributed by atoms with E-state index in [1.54, 1.807) is 17.5 Å². The third kappa shape index (κ3) is 6.32. The molecule has 2 rings (SSSR count). The van der Waals surface area contributed by atoms with Gasteiger partial charge in [-0.25, -0.2) is 8.42 Å². The molecule has 152 valence electrons. The Morgan fingerprint density at radius 1 is 0.963 bits per heavy atom. The molecule has 2 aromatic heterocycles. The molecule has 0 spiro atoms. The third-order valence-electron chi connectivity index (χ3n) is 4.37. The highest BCUT2D eigenvalue weighted by atomic mass is 32.2. The summed E-state index contributed by atoms with van der Waals surface area (Å²) in [4.78, 5) is 0.229. The maximum Gasteiger partial charge on any atom is 0.418 e. The minimum absolute atomic E-state index is 0.205. The normalized spacial score (nSPS) is 12.6. The molecule has 0 saturated heterocycles. The summed E-state index contributed by atoms with van der Waals surface area (Å²) in [6, 6.07) is 3.37. The molecule has 27 heavy (non-hydrogen) atoms. The zero-order valence-corrected chi connectivity index (χ0v) is 17.8. The van der Waals surface area contributed by atoms with E-state index in [0.29, 0.717) is 11.3 Å². The van der Waals surface area contributed by atoms with Crippen LogP contribution in [0.3, 0.4) is 0 Å². The molecule has 0 aliphatic carbocycles. The van der Waals surface area contributed by atoms with E-state index in [2.05, 4.69) is 6.92 Å². The Morgan fingerprint density at radius 3 is 2.15 bits per heavy atom. The van der Waals surface area contributed by atoms with Gasteiger partial charge in [-0.3, -0.25) is 0 Å². The van der Waals surface area contributed by atoms with Gasteiger partial charge in [0.05, 0.1) is 21.1 Å². The van der Waals surface area contributed by atoms with Crippen LogP contribution in [0.5, 0.6) is 0 Å². The number of unbranched alkanes of at least 4 members (excludes halogenated alkanes) is 7. The second-order valence-corrected chi connectivity index (χ2v) is 10.4. The summed E-state index contributed by atoms with van der Waals surface area (Å²) in [6.07, 6.45) is 3.12. The Labute approximate surface area is 167 Å². The summed E-state index contributed by atoms with van der Waals surface area (Å²) >= 11 is 2.10. The van der Waals surface area contributed by atoms with Crippen molar-refractivity contribution in [1.29, 1.82) is 0 Å². The van der Waals surface area contributed by atoms with Gasteiger partial charge in [-0.2, -0.15) is 13.2 Å². The van der Waals surface area contributed by atoms with E-state index in [1.807, 2.05) is 0 Å². The molecule has 2 heterocycles. The molecule has 0 aliphatic rings. The lowest BCUT2D eigenvalue weighted by molar-refractivity contribution is -0.139. The van der Waals surface area contributed by atoms with Crippen molar-refractivity contribution in [3.8, 4) is 9.75 Å². The van der Waals surface area contributed by atoms with Gasteiger partial charge in [-0.05, 0) is 17.9 Å². The lowest BCUT2D eigenvalue weighted by Gasteiger charge is -2.11. The van der Waals surface area contributed by atoms with Crippen molar-refractivity contribution in [2.24, 2.45) is 0 Å². The van der Waals surface area contributed by atoms with Crippen molar-refractivity contribution in [3.05, 3.63) is 28.5 Å². The second kappa shape index (κ2) is 10.1. The Hall–Kier alpha value is -0.860. The van der Waals surface area contributed by atoms with Crippen LogP contribution in [0.25, 0.3) is 9.75 Å². The Balaban J connectivity index is 2.07. The molecule has 0 radical (unpaired) electrons. The van der Waals surface area contributed by atoms with Gasteiger partial charge in [0.15, 0.2) is 9.84 Å². The van der Waals surface area contributed by atoms with Crippen molar-refractivity contribution < 1.29 is 21.6 Å². The minimum Gasteiger partial charge on any atom is -0.224 e. The van der Waals surface area contributed by atoms with Gasteiger partial charge in [0, 0.05) is 10.3 Å². The number of thiophene rings is 2. The smallest absolute Gasteiger partial charge is 0.224 e. The predicted octanol–water partition coefficient (Wildman–Crippen LogP) is 7.41. The summed E-state index contributed by atoms with van der Waals surface area (Å²) < 4.78 is 65.6. The van der Waals surface area contributed by atoms with E-state index < -0.39 is 26.5 Å². The van der Waals surface area contributed by atoms with Gasteiger partial charge < -0.3 is 0 Å². The average molecular weight is 439 g/mol. The van der Waals surface area contributed by atoms with E-state index in [0.717, 1.165) is 42.4 Å². The SMILES string of the molecule is CCCCCCCCCCS(=O)(=O)c1c(C(F)(F)F)csc1-c1cccs1. The topological polar surface area (TPSA) is 34.1 Å². The monoisotopic (exact) mass is 438 g/mol. The fraction of sp³-hybridized carbons (Fsp3) is 0.579. The lowest BCUT2D eigenvalue weighted by atomic mass is 10.1. The molecule has 0 saturated carbocycles. The first-order valence-electron chi connectivity index (χ1n) is 9.22. The molecule has 2 nitrogen and oxygen atoms in total. The Kier molecular flexibility index (Phi) is 8.37. The van der Waals surface area contributed by atoms with Crippen molar-refractivity contribution in [1.82, 2.24) is 0 Å². The van der Waals surface area contributed by atoms with Gasteiger partial charge in [-0.15, -0.1) is 22.7 Å². The number of halogens is 3. The van der Waals surface area contributed by atoms with E-state index in [9.17, 15) is 21.6 Å². The van der Waals surface area contributed by atoms with Crippen LogP contribution in [-0.2, 0) is 16.0 Å². The van der Waals surface area contributed by atoms with Crippen molar-refractivity contribution in [3.63, 3.8) is 0 Å². The lowest BCUT2D eigenvalue weighted by Crippen LogP contribution is -2.14. The quantitative estimate of drug-likeness (QED) is 0.342. The standard InChI is InChI=1S/C19H25F3O2S3/c1-2-3-4-5-6-7-8-9-13-27(23,24)18-15(19(20,21)22)14-26-17(18)16-11-10-12-25-16/h10-12,14H,2-9,13H2,1H3. The highest BCUT2D eigenvalue weighted by Gasteiger charge is 2.40. The van der Waals surface area contributed by atoms with Gasteiger partial charge in [0.2, 0.25) is 0 Å². The van der Waals surface area contributed by atoms with Crippen LogP contribution in [0.1, 0.15) is 63.9 Å². The van der Waals surface area contributed by atoms with Gasteiger partial charge in [0.25, 0.3) is 0 Å². The number of hydrogen-bond donors (Lipinski definition) is 0. The van der Waals surface area contributed by atoms with Crippen molar-refractivity contribution in [2.75, 3.05) is 5.75 Å². The molecular formula is C19H25F3O2S3. The molecular weight excluding hydrogens is 413 g/mol. The molecule has 0 N–H and O–H groups in total. The fourth-order valence-electron chi connectivity index (χ4n) is 2.96. The molecule has 0 amide bonds. The van der Waals surface area contributed by atoms with Gasteiger partial charge >= 0.3 is 6.18 Å². The van der Waals surface area contributed by atoms with Crippen LogP contribution < -0.4 is 0 Å². The summed E-state index contributed by atoms with van der Waals surface area (Å²) in [6.45, 7) is 2.15. The maximum atomic E-state index is 13.4. The molecule has 0 unspecified atom stereocenters. The number of alkyl halides is 3. The van der Waals surface area contributed by atoms with Crippen LogP contribution >= 0.6 is 22.7 Å². The number of rotatable bonds is 11. The first-order valence-corrected chi connectivity index (χ1v) is 12.6. The zero-order chi connectivity index (χ0) is 19.9. The first kappa shape index (κ1) is 22.4. The summed E-state index contributed by atoms with van der Waals surface area (Å²) in [5.74, 6) is -0.236. The summed E-state index contributed by atoms with van der Waals surface area (Å²) in [5.41, 5.74) is -1.03. The van der Waals surface area contributed by atoms with Gasteiger partial charge in [-0.1, -0.05) is 57.9 Å². The summed E-state index contributed by atoms with van der Waals surface area (Å²) in [5, 5.41) is 2.66. The van der Waals surface area contributed by atoms with Crippen molar-refractivity contribution in [2.45, 2.75) is 69.4 Å². The molecule has 8 heteroatoms. The number of sulfone groups is 1. The second-order valence-electron chi connectivity index (χ2n) is 6.58. The third-order valence-corrected chi connectivity index (χ3v) is 8.40. The average Bonchev–Trinajstić information content (AvgIpc) is 3.25. The van der Waals surface area contributed by atoms with Crippen LogP contribution in [0.15, 0.2) is 27.8 Å². The Morgan fingerprint density at radius 2 is 1.59 bits per heavy atom. The highest BCUT2D eigenvalue weighted by molar-refractivity contribution is 7.91. The number of hydrogen-bond acceptors (Lipinski definition) is 4. The van der Waals surface area contributed by atoms with Gasteiger partial charge in [0.1, 0.15) is 0 Å². The van der Waals surface area contributed by atoms with Crippen molar-refractivity contribution >= 4 is 32.5 Å². The van der Waals surface area contributed by atoms with Crippen LogP contribution in [-0.4, -0.2) is 14.2 Å². The van der Waals surface area contributed by atoms with Crippen LogP contribution in [0.2, 0.25) is 0 Å². The maximum absolute atomic E-state index is 13.4. The highest BCUT2D eigenvalue weighted by Crippen LogP contribution is 2.45. The van der Waals surface area contributed by atoms with E-state index in [1.165, 1.54) is 30.6 Å². The molecule has 0 bridgehead atoms. The Bertz CT molecular complexity index is 791. The zero-order valence-electron chi connectivity index (χ0n) is 15.3. The first-order chi connectivity index (χ1) is 12.8. The fourth-order valence-corrected chi connectivity index (χ4v) is 7.16. The predicted molar refractivity (Wildman–Crippen MR) is 107 cm³/mol. The molecule has 0 aliphatic heterocycles. The molecule has 0 aromatic carbocycles. The molecule has 0 fully saturated rings. The van der Waals surface area contributed by atoms with E-state index in [-0.39, 0.29) is 10.6 Å². The molecule has 2 aromatic rings. The largest absolute Gasteiger partial charge is 0.418 e. The summed E-state index contributed by atoms with van der Waals surface area (Å²) in [7, 11) is -3.99. The van der Waals surface area contributed by atoms with E-state index >= 15 is 0 Å². The van der Waals surface area contributed by atoms with E-state index in [4.69, 9.17) is 0 Å². The minimum atomic E-state index is -4.67. The molecule has 0 atom stereocenters.